The van der Waals surface area contributed by atoms with Crippen molar-refractivity contribution in [3.05, 3.63) is 70.3 Å². The number of benzene rings is 2. The van der Waals surface area contributed by atoms with Crippen molar-refractivity contribution in [2.75, 3.05) is 10.8 Å². The number of aromatic nitrogens is 2. The van der Waals surface area contributed by atoms with Crippen LogP contribution < -0.4 is 9.04 Å². The monoisotopic (exact) mass is 569 g/mol. The van der Waals surface area contributed by atoms with Gasteiger partial charge in [-0.15, -0.1) is 0 Å². The average molecular weight is 570 g/mol. The molecule has 13 heteroatoms. The second-order valence-corrected chi connectivity index (χ2v) is 10.9. The molecule has 8 nitrogen and oxygen atoms in total. The molecule has 1 aliphatic heterocycles. The first-order valence-corrected chi connectivity index (χ1v) is 13.2. The number of allylic oxidation sites excluding steroid dienone is 1. The van der Waals surface area contributed by atoms with Gasteiger partial charge in [-0.05, 0) is 55.7 Å². The van der Waals surface area contributed by atoms with Gasteiger partial charge in [0.05, 0.1) is 29.1 Å². The molecule has 0 saturated heterocycles. The van der Waals surface area contributed by atoms with Crippen LogP contribution >= 0.6 is 11.6 Å². The summed E-state index contributed by atoms with van der Waals surface area (Å²) in [5.41, 5.74) is 1.15. The maximum absolute atomic E-state index is 14.4. The first-order chi connectivity index (χ1) is 17.9. The van der Waals surface area contributed by atoms with Crippen LogP contribution in [0.15, 0.2) is 47.5 Å². The van der Waals surface area contributed by atoms with Crippen LogP contribution in [0.1, 0.15) is 43.1 Å². The van der Waals surface area contributed by atoms with Crippen molar-refractivity contribution in [3.8, 4) is 5.75 Å². The van der Waals surface area contributed by atoms with E-state index in [2.05, 4.69) is 5.10 Å². The summed E-state index contributed by atoms with van der Waals surface area (Å²) in [6, 6.07) is 8.94. The van der Waals surface area contributed by atoms with E-state index in [0.717, 1.165) is 10.5 Å². The Morgan fingerprint density at radius 3 is 2.68 bits per heavy atom. The number of anilines is 1. The Morgan fingerprint density at radius 2 is 2.05 bits per heavy atom. The highest BCUT2D eigenvalue weighted by molar-refractivity contribution is 7.92. The number of halogens is 4. The van der Waals surface area contributed by atoms with Crippen molar-refractivity contribution < 1.29 is 36.2 Å². The number of hydrogen-bond donors (Lipinski definition) is 1. The van der Waals surface area contributed by atoms with Crippen LogP contribution in [0.2, 0.25) is 5.02 Å². The highest BCUT2D eigenvalue weighted by Crippen LogP contribution is 2.40. The minimum atomic E-state index is -4.41. The number of aryl methyl sites for hydroxylation is 1. The summed E-state index contributed by atoms with van der Waals surface area (Å²) < 4.78 is 75.4. The smallest absolute Gasteiger partial charge is 0.333 e. The molecule has 0 aliphatic carbocycles. The van der Waals surface area contributed by atoms with E-state index < -0.39 is 39.4 Å². The van der Waals surface area contributed by atoms with Crippen LogP contribution in [0.3, 0.4) is 0 Å². The highest BCUT2D eigenvalue weighted by Gasteiger charge is 2.37. The number of carboxylic acids is 1. The largest absolute Gasteiger partial charge is 0.486 e. The van der Waals surface area contributed by atoms with E-state index in [9.17, 15) is 26.4 Å². The fourth-order valence-electron chi connectivity index (χ4n) is 4.21. The predicted molar refractivity (Wildman–Crippen MR) is 135 cm³/mol. The summed E-state index contributed by atoms with van der Waals surface area (Å²) in [4.78, 5) is 10.7. The molecule has 1 unspecified atom stereocenters. The summed E-state index contributed by atoms with van der Waals surface area (Å²) in [5.74, 6) is -1.44. The van der Waals surface area contributed by atoms with Crippen LogP contribution in [0.4, 0.5) is 18.9 Å². The van der Waals surface area contributed by atoms with E-state index in [1.807, 2.05) is 0 Å². The Morgan fingerprint density at radius 1 is 1.32 bits per heavy atom. The molecule has 202 valence electrons. The molecule has 4 rings (SSSR count). The lowest BCUT2D eigenvalue weighted by molar-refractivity contribution is -0.137. The molecule has 0 saturated carbocycles. The van der Waals surface area contributed by atoms with Crippen molar-refractivity contribution in [1.29, 1.82) is 0 Å². The number of aliphatic carboxylic acids is 1. The van der Waals surface area contributed by atoms with Crippen LogP contribution in [0.25, 0.3) is 11.6 Å². The normalized spacial score (nSPS) is 15.9. The molecule has 1 aliphatic rings. The van der Waals surface area contributed by atoms with Crippen molar-refractivity contribution in [2.45, 2.75) is 44.2 Å². The van der Waals surface area contributed by atoms with Gasteiger partial charge < -0.3 is 9.84 Å². The Hall–Kier alpha value is -3.51. The highest BCUT2D eigenvalue weighted by atomic mass is 35.5. The number of ether oxygens (including phenoxy) is 1. The van der Waals surface area contributed by atoms with Gasteiger partial charge >= 0.3 is 12.5 Å². The quantitative estimate of drug-likeness (QED) is 0.346. The van der Waals surface area contributed by atoms with Gasteiger partial charge in [0.25, 0.3) is 10.0 Å². The Balaban J connectivity index is 1.80. The molecule has 38 heavy (non-hydrogen) atoms. The molecule has 2 aromatic carbocycles. The number of hydrogen-bond acceptors (Lipinski definition) is 5. The molecule has 0 bridgehead atoms. The minimum absolute atomic E-state index is 0.0165. The SMILES string of the molecule is CC(=Cc1ccc2c(c1)N(S(=O)(=O)c1cn(C(F)F)nc1C)CC(CCC(=O)O)O2)c1c(F)cccc1Cl. The molecule has 1 atom stereocenters. The number of rotatable bonds is 8. The van der Waals surface area contributed by atoms with Gasteiger partial charge in [0.2, 0.25) is 0 Å². The van der Waals surface area contributed by atoms with Crippen LogP contribution in [-0.4, -0.2) is 41.9 Å². The third-order valence-corrected chi connectivity index (χ3v) is 8.17. The van der Waals surface area contributed by atoms with Gasteiger partial charge in [-0.25, -0.2) is 17.5 Å². The van der Waals surface area contributed by atoms with Gasteiger partial charge in [-0.2, -0.15) is 13.9 Å². The molecular formula is C25H23ClF3N3O5S. The lowest BCUT2D eigenvalue weighted by atomic mass is 10.0. The molecule has 0 radical (unpaired) electrons. The van der Waals surface area contributed by atoms with Crippen LogP contribution in [-0.2, 0) is 14.8 Å². The van der Waals surface area contributed by atoms with Gasteiger partial charge in [0, 0.05) is 12.0 Å². The first-order valence-electron chi connectivity index (χ1n) is 11.4. The fraction of sp³-hybridized carbons (Fsp3) is 0.280. The van der Waals surface area contributed by atoms with E-state index >= 15 is 0 Å². The zero-order valence-corrected chi connectivity index (χ0v) is 21.8. The van der Waals surface area contributed by atoms with E-state index in [1.165, 1.54) is 31.2 Å². The standard InChI is InChI=1S/C25H23ClF3N3O5S/c1-14(24-18(26)4-3-5-19(24)27)10-16-6-8-21-20(11-16)32(12-17(37-21)7-9-23(33)34)38(35,36)22-13-31(25(28)29)30-15(22)2/h3-6,8,10-11,13,17,25H,7,9,12H2,1-2H3,(H,33,34). The number of alkyl halides is 2. The van der Waals surface area contributed by atoms with Gasteiger partial charge in [0.1, 0.15) is 22.6 Å². The van der Waals surface area contributed by atoms with Gasteiger partial charge in [0.15, 0.2) is 0 Å². The van der Waals surface area contributed by atoms with Gasteiger partial charge in [-0.3, -0.25) is 9.10 Å². The third-order valence-electron chi connectivity index (χ3n) is 5.97. The van der Waals surface area contributed by atoms with Crippen molar-refractivity contribution in [1.82, 2.24) is 9.78 Å². The summed E-state index contributed by atoms with van der Waals surface area (Å²) in [5, 5.41) is 12.9. The summed E-state index contributed by atoms with van der Waals surface area (Å²) in [7, 11) is -4.41. The number of carbonyl (C=O) groups is 1. The number of sulfonamides is 1. The number of fused-ring (bicyclic) bond motifs is 1. The fourth-order valence-corrected chi connectivity index (χ4v) is 6.18. The number of nitrogens with zero attached hydrogens (tertiary/aromatic N) is 3. The predicted octanol–water partition coefficient (Wildman–Crippen LogP) is 5.76. The second-order valence-electron chi connectivity index (χ2n) is 8.70. The van der Waals surface area contributed by atoms with Crippen molar-refractivity contribution in [3.63, 3.8) is 0 Å². The zero-order chi connectivity index (χ0) is 27.8. The Bertz CT molecular complexity index is 1500. The maximum atomic E-state index is 14.4. The first kappa shape index (κ1) is 27.5. The van der Waals surface area contributed by atoms with Crippen molar-refractivity contribution >= 4 is 44.9 Å². The Kier molecular flexibility index (Phi) is 7.75. The molecule has 0 fully saturated rings. The lowest BCUT2D eigenvalue weighted by Crippen LogP contribution is -2.43. The molecule has 1 aromatic heterocycles. The topological polar surface area (TPSA) is 102 Å². The van der Waals surface area contributed by atoms with E-state index in [-0.39, 0.29) is 51.8 Å². The molecule has 0 spiro atoms. The van der Waals surface area contributed by atoms with Crippen LogP contribution in [0, 0.1) is 12.7 Å². The van der Waals surface area contributed by atoms with E-state index in [4.69, 9.17) is 21.4 Å². The summed E-state index contributed by atoms with van der Waals surface area (Å²) in [6.07, 6.45) is 1.32. The molecule has 3 aromatic rings. The molecule has 2 heterocycles. The molecule has 1 N–H and O–H groups in total. The molecule has 0 amide bonds. The van der Waals surface area contributed by atoms with E-state index in [0.29, 0.717) is 11.1 Å². The maximum Gasteiger partial charge on any atom is 0.333 e. The van der Waals surface area contributed by atoms with E-state index in [1.54, 1.807) is 25.1 Å². The van der Waals surface area contributed by atoms with Crippen LogP contribution in [0.5, 0.6) is 5.75 Å². The summed E-state index contributed by atoms with van der Waals surface area (Å²) in [6.45, 7) is -0.343. The zero-order valence-electron chi connectivity index (χ0n) is 20.2. The average Bonchev–Trinajstić information content (AvgIpc) is 3.25. The third kappa shape index (κ3) is 5.51. The second kappa shape index (κ2) is 10.7. The van der Waals surface area contributed by atoms with Crippen molar-refractivity contribution in [2.24, 2.45) is 0 Å². The minimum Gasteiger partial charge on any atom is -0.486 e. The lowest BCUT2D eigenvalue weighted by Gasteiger charge is -2.35. The number of carboxylic acid groups (broad SMARTS) is 1. The summed E-state index contributed by atoms with van der Waals surface area (Å²) >= 11 is 6.17. The van der Waals surface area contributed by atoms with Gasteiger partial charge in [-0.1, -0.05) is 29.8 Å². The molecular weight excluding hydrogens is 547 g/mol. The Labute approximate surface area is 221 Å².